The molecule has 0 rings (SSSR count). The minimum Gasteiger partial charge on any atom is -0.250 e. The molecule has 0 N–H and O–H groups in total. The van der Waals surface area contributed by atoms with Crippen LogP contribution in [0.4, 0.5) is 8.78 Å². The third kappa shape index (κ3) is 8.55. The zero-order valence-corrected chi connectivity index (χ0v) is 7.65. The first kappa shape index (κ1) is 9.55. The number of nitrogens with zero attached hydrogens (tertiary/aromatic N) is 1. The Balaban J connectivity index is 3.28. The van der Waals surface area contributed by atoms with Crippen LogP contribution in [0.2, 0.25) is 0 Å². The van der Waals surface area contributed by atoms with E-state index in [1.54, 1.807) is 10.2 Å². The summed E-state index contributed by atoms with van der Waals surface area (Å²) in [6.45, 7) is 1.37. The molecule has 0 aliphatic carbocycles. The Morgan fingerprint density at radius 1 is 1.56 bits per heavy atom. The monoisotopic (exact) mass is 249 g/mol. The molecule has 0 fully saturated rings. The molecule has 0 aliphatic rings. The second-order valence-corrected chi connectivity index (χ2v) is 3.80. The van der Waals surface area contributed by atoms with Crippen LogP contribution < -0.4 is 0 Å². The molecule has 1 nitrogen and oxygen atoms in total. The van der Waals surface area contributed by atoms with Crippen molar-refractivity contribution in [2.45, 2.75) is 19.3 Å². The van der Waals surface area contributed by atoms with E-state index in [1.807, 2.05) is 22.9 Å². The van der Waals surface area contributed by atoms with Crippen LogP contribution in [0.15, 0.2) is 0 Å². The van der Waals surface area contributed by atoms with Gasteiger partial charge in [-0.05, 0) is 14.0 Å². The molecule has 0 atom stereocenters. The zero-order valence-electron chi connectivity index (χ0n) is 5.50. The molecule has 0 saturated carbocycles. The standard InChI is InChI=1S/C5H10F2IN/c1-5(6,7)3-4-9(2)8/h3-4H2,1-2H3. The van der Waals surface area contributed by atoms with Crippen LogP contribution in [0, 0.1) is 0 Å². The molecule has 0 aromatic carbocycles. The van der Waals surface area contributed by atoms with Crippen molar-refractivity contribution in [1.29, 1.82) is 0 Å². The van der Waals surface area contributed by atoms with E-state index in [1.165, 1.54) is 0 Å². The van der Waals surface area contributed by atoms with Crippen LogP contribution >= 0.6 is 22.9 Å². The van der Waals surface area contributed by atoms with Crippen molar-refractivity contribution in [2.75, 3.05) is 13.6 Å². The zero-order chi connectivity index (χ0) is 7.49. The highest BCUT2D eigenvalue weighted by Crippen LogP contribution is 2.17. The topological polar surface area (TPSA) is 3.24 Å². The average Bonchev–Trinajstić information content (AvgIpc) is 1.59. The van der Waals surface area contributed by atoms with Gasteiger partial charge in [-0.25, -0.2) is 8.78 Å². The van der Waals surface area contributed by atoms with E-state index < -0.39 is 5.92 Å². The van der Waals surface area contributed by atoms with Crippen molar-refractivity contribution in [1.82, 2.24) is 3.11 Å². The lowest BCUT2D eigenvalue weighted by Crippen LogP contribution is -2.17. The Kier molecular flexibility index (Phi) is 3.88. The molecule has 56 valence electrons. The highest BCUT2D eigenvalue weighted by atomic mass is 127. The first-order valence-electron chi connectivity index (χ1n) is 2.66. The molecule has 9 heavy (non-hydrogen) atoms. The molecular weight excluding hydrogens is 239 g/mol. The Morgan fingerprint density at radius 2 is 2.00 bits per heavy atom. The van der Waals surface area contributed by atoms with Gasteiger partial charge in [0.1, 0.15) is 0 Å². The van der Waals surface area contributed by atoms with Crippen LogP contribution in [0.5, 0.6) is 0 Å². The highest BCUT2D eigenvalue weighted by Gasteiger charge is 2.20. The summed E-state index contributed by atoms with van der Waals surface area (Å²) in [4.78, 5) is 0. The Bertz CT molecular complexity index is 79.5. The Morgan fingerprint density at radius 3 is 2.11 bits per heavy atom. The second-order valence-electron chi connectivity index (χ2n) is 2.15. The maximum atomic E-state index is 12.1. The van der Waals surface area contributed by atoms with E-state index in [9.17, 15) is 8.78 Å². The van der Waals surface area contributed by atoms with E-state index in [2.05, 4.69) is 0 Å². The van der Waals surface area contributed by atoms with E-state index in [0.717, 1.165) is 6.92 Å². The lowest BCUT2D eigenvalue weighted by molar-refractivity contribution is 0.0110. The molecule has 0 heterocycles. The van der Waals surface area contributed by atoms with Gasteiger partial charge in [0.2, 0.25) is 5.92 Å². The maximum absolute atomic E-state index is 12.1. The van der Waals surface area contributed by atoms with Crippen molar-refractivity contribution in [3.8, 4) is 0 Å². The van der Waals surface area contributed by atoms with Gasteiger partial charge in [-0.15, -0.1) is 0 Å². The number of halogens is 3. The van der Waals surface area contributed by atoms with Gasteiger partial charge in [0.25, 0.3) is 0 Å². The second kappa shape index (κ2) is 3.65. The lowest BCUT2D eigenvalue weighted by atomic mass is 10.3. The molecule has 0 unspecified atom stereocenters. The van der Waals surface area contributed by atoms with Gasteiger partial charge >= 0.3 is 0 Å². The summed E-state index contributed by atoms with van der Waals surface area (Å²) in [5.74, 6) is -2.51. The predicted octanol–water partition coefficient (Wildman–Crippen LogP) is 2.31. The molecule has 0 aliphatic heterocycles. The molecule has 0 spiro atoms. The molecular formula is C5H10F2IN. The number of hydrogen-bond acceptors (Lipinski definition) is 1. The van der Waals surface area contributed by atoms with Gasteiger partial charge in [-0.3, -0.25) is 3.11 Å². The molecule has 0 aromatic rings. The number of alkyl halides is 2. The fourth-order valence-electron chi connectivity index (χ4n) is 0.350. The van der Waals surface area contributed by atoms with Crippen molar-refractivity contribution in [3.05, 3.63) is 0 Å². The van der Waals surface area contributed by atoms with Crippen molar-refractivity contribution < 1.29 is 8.78 Å². The van der Waals surface area contributed by atoms with E-state index in [0.29, 0.717) is 6.54 Å². The minimum atomic E-state index is -2.51. The predicted molar refractivity (Wildman–Crippen MR) is 41.9 cm³/mol. The summed E-state index contributed by atoms with van der Waals surface area (Å²) in [5, 5.41) is 0. The van der Waals surface area contributed by atoms with Gasteiger partial charge in [0, 0.05) is 35.8 Å². The highest BCUT2D eigenvalue weighted by molar-refractivity contribution is 14.1. The first-order valence-corrected chi connectivity index (χ1v) is 3.63. The molecule has 0 radical (unpaired) electrons. The average molecular weight is 249 g/mol. The molecule has 0 aromatic heterocycles. The summed E-state index contributed by atoms with van der Waals surface area (Å²) in [6.07, 6.45) is -0.0631. The Hall–Kier alpha value is 0.550. The van der Waals surface area contributed by atoms with Gasteiger partial charge in [0.05, 0.1) is 0 Å². The van der Waals surface area contributed by atoms with Gasteiger partial charge < -0.3 is 0 Å². The smallest absolute Gasteiger partial charge is 0.246 e. The third-order valence-electron chi connectivity index (χ3n) is 0.859. The van der Waals surface area contributed by atoms with E-state index >= 15 is 0 Å². The normalized spacial score (nSPS) is 12.7. The van der Waals surface area contributed by atoms with Gasteiger partial charge in [0.15, 0.2) is 0 Å². The van der Waals surface area contributed by atoms with Crippen LogP contribution in [-0.2, 0) is 0 Å². The third-order valence-corrected chi connectivity index (χ3v) is 1.34. The largest absolute Gasteiger partial charge is 0.250 e. The summed E-state index contributed by atoms with van der Waals surface area (Å²) in [7, 11) is 1.77. The van der Waals surface area contributed by atoms with E-state index in [-0.39, 0.29) is 6.42 Å². The molecule has 4 heteroatoms. The SMILES string of the molecule is CN(I)CCC(C)(F)F. The van der Waals surface area contributed by atoms with Crippen LogP contribution in [0.1, 0.15) is 13.3 Å². The quantitative estimate of drug-likeness (QED) is 0.548. The van der Waals surface area contributed by atoms with Crippen LogP contribution in [-0.4, -0.2) is 22.6 Å². The van der Waals surface area contributed by atoms with Crippen molar-refractivity contribution in [3.63, 3.8) is 0 Å². The van der Waals surface area contributed by atoms with Crippen LogP contribution in [0.25, 0.3) is 0 Å². The van der Waals surface area contributed by atoms with Crippen molar-refractivity contribution in [2.24, 2.45) is 0 Å². The van der Waals surface area contributed by atoms with Crippen molar-refractivity contribution >= 4 is 22.9 Å². The van der Waals surface area contributed by atoms with Crippen LogP contribution in [0.3, 0.4) is 0 Å². The van der Waals surface area contributed by atoms with Gasteiger partial charge in [-0.1, -0.05) is 0 Å². The minimum absolute atomic E-state index is 0.0631. The fourth-order valence-corrected chi connectivity index (χ4v) is 0.592. The number of rotatable bonds is 3. The maximum Gasteiger partial charge on any atom is 0.246 e. The summed E-state index contributed by atoms with van der Waals surface area (Å²) in [6, 6.07) is 0. The van der Waals surface area contributed by atoms with E-state index in [4.69, 9.17) is 0 Å². The Labute approximate surface area is 67.9 Å². The molecule has 0 amide bonds. The summed E-state index contributed by atoms with van der Waals surface area (Å²) in [5.41, 5.74) is 0. The molecule has 0 bridgehead atoms. The summed E-state index contributed by atoms with van der Waals surface area (Å²) >= 11 is 1.98. The van der Waals surface area contributed by atoms with Gasteiger partial charge in [-0.2, -0.15) is 0 Å². The number of hydrogen-bond donors (Lipinski definition) is 0. The first-order chi connectivity index (χ1) is 3.92. The fraction of sp³-hybridized carbons (Fsp3) is 1.00. The lowest BCUT2D eigenvalue weighted by Gasteiger charge is -2.12. The molecule has 0 saturated heterocycles. The summed E-state index contributed by atoms with van der Waals surface area (Å²) < 4.78 is 25.8.